The minimum Gasteiger partial charge on any atom is -0.372 e. The largest absolute Gasteiger partial charge is 0.372 e. The van der Waals surface area contributed by atoms with Crippen molar-refractivity contribution in [1.29, 1.82) is 0 Å². The minimum atomic E-state index is -0.133. The van der Waals surface area contributed by atoms with E-state index in [1.54, 1.807) is 4.68 Å². The molecule has 6 nitrogen and oxygen atoms in total. The van der Waals surface area contributed by atoms with Gasteiger partial charge in [0.15, 0.2) is 0 Å². The van der Waals surface area contributed by atoms with E-state index in [1.165, 1.54) is 0 Å². The first kappa shape index (κ1) is 13.1. The van der Waals surface area contributed by atoms with Gasteiger partial charge in [-0.15, -0.1) is 0 Å². The minimum absolute atomic E-state index is 0.133. The van der Waals surface area contributed by atoms with Crippen molar-refractivity contribution in [3.63, 3.8) is 0 Å². The second kappa shape index (κ2) is 5.20. The lowest BCUT2D eigenvalue weighted by molar-refractivity contribution is -0.0446. The lowest BCUT2D eigenvalue weighted by Gasteiger charge is -2.40. The number of hydrogen-bond donors (Lipinski definition) is 0. The summed E-state index contributed by atoms with van der Waals surface area (Å²) in [5.74, 6) is 0.777. The fourth-order valence-electron chi connectivity index (χ4n) is 2.43. The molecule has 20 heavy (non-hydrogen) atoms. The third-order valence-electron chi connectivity index (χ3n) is 3.82. The first-order valence-electron chi connectivity index (χ1n) is 6.94. The van der Waals surface area contributed by atoms with Crippen LogP contribution in [0, 0.1) is 0 Å². The number of anilines is 1. The first-order valence-corrected chi connectivity index (χ1v) is 6.94. The molecule has 0 bridgehead atoms. The number of aromatic nitrogens is 4. The average Bonchev–Trinajstić information content (AvgIpc) is 2.98. The Bertz CT molecular complexity index is 570. The third kappa shape index (κ3) is 2.38. The maximum atomic E-state index is 5.87. The van der Waals surface area contributed by atoms with Crippen molar-refractivity contribution < 1.29 is 4.74 Å². The monoisotopic (exact) mass is 273 g/mol. The average molecular weight is 273 g/mol. The molecule has 0 radical (unpaired) electrons. The zero-order chi connectivity index (χ0) is 14.0. The van der Waals surface area contributed by atoms with Gasteiger partial charge in [0.1, 0.15) is 0 Å². The predicted molar refractivity (Wildman–Crippen MR) is 76.0 cm³/mol. The molecule has 1 saturated heterocycles. The molecule has 106 valence electrons. The van der Waals surface area contributed by atoms with Gasteiger partial charge in [-0.2, -0.15) is 4.68 Å². The molecule has 6 heteroatoms. The van der Waals surface area contributed by atoms with Crippen LogP contribution in [0.25, 0.3) is 5.69 Å². The summed E-state index contributed by atoms with van der Waals surface area (Å²) < 4.78 is 7.65. The summed E-state index contributed by atoms with van der Waals surface area (Å²) >= 11 is 0. The highest BCUT2D eigenvalue weighted by molar-refractivity contribution is 5.41. The molecule has 1 unspecified atom stereocenters. The van der Waals surface area contributed by atoms with Crippen molar-refractivity contribution in [2.45, 2.75) is 25.9 Å². The zero-order valence-corrected chi connectivity index (χ0v) is 11.9. The van der Waals surface area contributed by atoms with Crippen LogP contribution in [0.3, 0.4) is 0 Å². The SMILES string of the molecule is CCC1(C)CN(c2nnnn2-c2ccccc2)CCO1. The lowest BCUT2D eigenvalue weighted by atomic mass is 10.0. The highest BCUT2D eigenvalue weighted by atomic mass is 16.5. The molecule has 1 atom stereocenters. The summed E-state index contributed by atoms with van der Waals surface area (Å²) in [6.45, 7) is 6.59. The third-order valence-corrected chi connectivity index (χ3v) is 3.82. The summed E-state index contributed by atoms with van der Waals surface area (Å²) in [4.78, 5) is 2.19. The maximum absolute atomic E-state index is 5.87. The van der Waals surface area contributed by atoms with Gasteiger partial charge in [0.2, 0.25) is 0 Å². The summed E-state index contributed by atoms with van der Waals surface area (Å²) in [7, 11) is 0. The van der Waals surface area contributed by atoms with E-state index >= 15 is 0 Å². The molecule has 0 amide bonds. The lowest BCUT2D eigenvalue weighted by Crippen LogP contribution is -2.50. The fraction of sp³-hybridized carbons (Fsp3) is 0.500. The van der Waals surface area contributed by atoms with Gasteiger partial charge in [0, 0.05) is 13.1 Å². The van der Waals surface area contributed by atoms with Crippen molar-refractivity contribution >= 4 is 5.95 Å². The number of tetrazole rings is 1. The van der Waals surface area contributed by atoms with Crippen LogP contribution in [0.2, 0.25) is 0 Å². The second-order valence-electron chi connectivity index (χ2n) is 5.30. The molecular weight excluding hydrogens is 254 g/mol. The Kier molecular flexibility index (Phi) is 3.40. The van der Waals surface area contributed by atoms with E-state index in [0.717, 1.165) is 31.1 Å². The molecule has 2 heterocycles. The Morgan fingerprint density at radius 3 is 2.85 bits per heavy atom. The number of para-hydroxylation sites is 1. The molecule has 0 saturated carbocycles. The Balaban J connectivity index is 1.90. The summed E-state index contributed by atoms with van der Waals surface area (Å²) in [5, 5.41) is 12.1. The fourth-order valence-corrected chi connectivity index (χ4v) is 2.43. The topological polar surface area (TPSA) is 56.1 Å². The van der Waals surface area contributed by atoms with Crippen LogP contribution in [0.1, 0.15) is 20.3 Å². The number of ether oxygens (including phenoxy) is 1. The highest BCUT2D eigenvalue weighted by Crippen LogP contribution is 2.25. The number of rotatable bonds is 3. The van der Waals surface area contributed by atoms with Crippen LogP contribution in [0.15, 0.2) is 30.3 Å². The molecule has 2 aromatic rings. The smallest absolute Gasteiger partial charge is 0.250 e. The van der Waals surface area contributed by atoms with Crippen molar-refractivity contribution in [2.75, 3.05) is 24.6 Å². The van der Waals surface area contributed by atoms with Crippen molar-refractivity contribution in [2.24, 2.45) is 0 Å². The first-order chi connectivity index (χ1) is 9.72. The van der Waals surface area contributed by atoms with Crippen LogP contribution in [-0.4, -0.2) is 45.5 Å². The van der Waals surface area contributed by atoms with Crippen LogP contribution >= 0.6 is 0 Å². The normalized spacial score (nSPS) is 23.0. The van der Waals surface area contributed by atoms with Crippen LogP contribution < -0.4 is 4.90 Å². The van der Waals surface area contributed by atoms with Crippen LogP contribution in [0.4, 0.5) is 5.95 Å². The van der Waals surface area contributed by atoms with Gasteiger partial charge in [0.25, 0.3) is 5.95 Å². The van der Waals surface area contributed by atoms with Gasteiger partial charge in [-0.1, -0.05) is 30.2 Å². The standard InChI is InChI=1S/C14H19N5O/c1-3-14(2)11-18(9-10-20-14)13-15-16-17-19(13)12-7-5-4-6-8-12/h4-8H,3,9-11H2,1-2H3. The van der Waals surface area contributed by atoms with E-state index in [2.05, 4.69) is 34.3 Å². The van der Waals surface area contributed by atoms with Gasteiger partial charge >= 0.3 is 0 Å². The molecule has 1 aromatic carbocycles. The zero-order valence-electron chi connectivity index (χ0n) is 11.9. The molecule has 0 spiro atoms. The van der Waals surface area contributed by atoms with Crippen molar-refractivity contribution in [3.05, 3.63) is 30.3 Å². The molecule has 3 rings (SSSR count). The Morgan fingerprint density at radius 2 is 2.10 bits per heavy atom. The number of hydrogen-bond acceptors (Lipinski definition) is 5. The maximum Gasteiger partial charge on any atom is 0.250 e. The van der Waals surface area contributed by atoms with Crippen molar-refractivity contribution in [3.8, 4) is 5.69 Å². The van der Waals surface area contributed by atoms with Gasteiger partial charge < -0.3 is 9.64 Å². The summed E-state index contributed by atoms with van der Waals surface area (Å²) in [6, 6.07) is 9.95. The number of nitrogens with zero attached hydrogens (tertiary/aromatic N) is 5. The van der Waals surface area contributed by atoms with Gasteiger partial charge in [-0.05, 0) is 35.9 Å². The molecule has 1 aliphatic heterocycles. The van der Waals surface area contributed by atoms with Crippen molar-refractivity contribution in [1.82, 2.24) is 20.2 Å². The molecule has 0 aliphatic carbocycles. The van der Waals surface area contributed by atoms with E-state index in [0.29, 0.717) is 6.61 Å². The van der Waals surface area contributed by atoms with Crippen LogP contribution in [-0.2, 0) is 4.74 Å². The van der Waals surface area contributed by atoms with Gasteiger partial charge in [-0.25, -0.2) is 0 Å². The van der Waals surface area contributed by atoms with E-state index < -0.39 is 0 Å². The number of benzene rings is 1. The molecule has 1 aromatic heterocycles. The van der Waals surface area contributed by atoms with Gasteiger partial charge in [-0.3, -0.25) is 0 Å². The Hall–Kier alpha value is -1.95. The van der Waals surface area contributed by atoms with E-state index in [4.69, 9.17) is 4.74 Å². The molecule has 0 N–H and O–H groups in total. The van der Waals surface area contributed by atoms with E-state index in [-0.39, 0.29) is 5.60 Å². The van der Waals surface area contributed by atoms with E-state index in [1.807, 2.05) is 30.3 Å². The number of morpholine rings is 1. The quantitative estimate of drug-likeness (QED) is 0.851. The molecule has 1 fully saturated rings. The predicted octanol–water partition coefficient (Wildman–Crippen LogP) is 1.67. The molecule has 1 aliphatic rings. The summed E-state index contributed by atoms with van der Waals surface area (Å²) in [5.41, 5.74) is 0.836. The Morgan fingerprint density at radius 1 is 1.30 bits per heavy atom. The van der Waals surface area contributed by atoms with Crippen LogP contribution in [0.5, 0.6) is 0 Å². The van der Waals surface area contributed by atoms with Gasteiger partial charge in [0.05, 0.1) is 17.9 Å². The van der Waals surface area contributed by atoms with E-state index in [9.17, 15) is 0 Å². The summed E-state index contributed by atoms with van der Waals surface area (Å²) in [6.07, 6.45) is 0.969. The second-order valence-corrected chi connectivity index (χ2v) is 5.30. The highest BCUT2D eigenvalue weighted by Gasteiger charge is 2.32. The Labute approximate surface area is 118 Å². The molecular formula is C14H19N5O.